The second kappa shape index (κ2) is 13.5. The molecule has 1 aliphatic carbocycles. The molecule has 0 radical (unpaired) electrons. The number of fused-ring (bicyclic) bond motifs is 1. The van der Waals surface area contributed by atoms with Crippen molar-refractivity contribution >= 4 is 31.1 Å². The molecule has 1 aromatic carbocycles. The Balaban J connectivity index is 1.32. The van der Waals surface area contributed by atoms with Gasteiger partial charge in [-0.25, -0.2) is 14.0 Å². The van der Waals surface area contributed by atoms with Gasteiger partial charge in [0.1, 0.15) is 30.1 Å². The van der Waals surface area contributed by atoms with Crippen LogP contribution >= 0.6 is 0 Å². The van der Waals surface area contributed by atoms with Crippen molar-refractivity contribution in [3.05, 3.63) is 35.1 Å². The highest BCUT2D eigenvalue weighted by Gasteiger charge is 2.49. The smallest absolute Gasteiger partial charge is 0.446 e. The second-order valence-corrected chi connectivity index (χ2v) is 13.7. The molecule has 0 unspecified atom stereocenters. The van der Waals surface area contributed by atoms with Gasteiger partial charge in [0, 0.05) is 25.1 Å². The van der Waals surface area contributed by atoms with Crippen LogP contribution in [-0.2, 0) is 36.8 Å². The number of nitrogens with one attached hydrogen (secondary N) is 2. The van der Waals surface area contributed by atoms with Crippen LogP contribution in [0.1, 0.15) is 77.3 Å². The van der Waals surface area contributed by atoms with Crippen LogP contribution in [0, 0.1) is 17.2 Å². The third-order valence-electron chi connectivity index (χ3n) is 9.38. The van der Waals surface area contributed by atoms with Crippen LogP contribution in [0.3, 0.4) is 0 Å². The maximum Gasteiger partial charge on any atom is 0.478 e. The van der Waals surface area contributed by atoms with E-state index in [4.69, 9.17) is 14.1 Å². The number of carbonyl (C=O) groups excluding carboxylic acids is 4. The van der Waals surface area contributed by atoms with Crippen molar-refractivity contribution in [2.45, 2.75) is 110 Å². The van der Waals surface area contributed by atoms with Gasteiger partial charge in [0.05, 0.1) is 19.0 Å². The van der Waals surface area contributed by atoms with Gasteiger partial charge in [0.25, 0.3) is 0 Å². The summed E-state index contributed by atoms with van der Waals surface area (Å²) < 4.78 is 31.0. The molecule has 3 heterocycles. The van der Waals surface area contributed by atoms with Crippen molar-refractivity contribution in [3.63, 3.8) is 0 Å². The molecule has 2 saturated heterocycles. The van der Waals surface area contributed by atoms with Crippen LogP contribution in [-0.4, -0.2) is 89.3 Å². The summed E-state index contributed by atoms with van der Waals surface area (Å²) in [5.74, 6) is -2.22. The molecule has 1 aromatic rings. The van der Waals surface area contributed by atoms with E-state index in [2.05, 4.69) is 10.6 Å². The summed E-state index contributed by atoms with van der Waals surface area (Å²) in [6.07, 6.45) is 1.73. The van der Waals surface area contributed by atoms with E-state index in [-0.39, 0.29) is 44.7 Å². The van der Waals surface area contributed by atoms with Crippen molar-refractivity contribution in [3.8, 4) is 0 Å². The van der Waals surface area contributed by atoms with Crippen molar-refractivity contribution < 1.29 is 42.7 Å². The fourth-order valence-corrected chi connectivity index (χ4v) is 6.71. The predicted molar refractivity (Wildman–Crippen MR) is 161 cm³/mol. The number of likely N-dealkylation sites (tertiary alicyclic amines) is 1. The second-order valence-electron chi connectivity index (χ2n) is 13.7. The Bertz CT molecular complexity index is 1290. The number of carbonyl (C=O) groups is 4. The lowest BCUT2D eigenvalue weighted by Gasteiger charge is -2.35. The van der Waals surface area contributed by atoms with E-state index in [0.717, 1.165) is 25.7 Å². The van der Waals surface area contributed by atoms with Gasteiger partial charge in [0.15, 0.2) is 0 Å². The maximum absolute atomic E-state index is 14.3. The highest BCUT2D eigenvalue weighted by atomic mass is 19.1. The van der Waals surface area contributed by atoms with Crippen LogP contribution in [0.5, 0.6) is 0 Å². The molecule has 3 aliphatic heterocycles. The van der Waals surface area contributed by atoms with E-state index < -0.39 is 66.5 Å². The van der Waals surface area contributed by atoms with Gasteiger partial charge < -0.3 is 34.7 Å². The molecule has 0 spiro atoms. The Morgan fingerprint density at radius 3 is 2.53 bits per heavy atom. The Morgan fingerprint density at radius 2 is 1.87 bits per heavy atom. The van der Waals surface area contributed by atoms with Gasteiger partial charge in [0.2, 0.25) is 11.8 Å². The Labute approximate surface area is 263 Å². The summed E-state index contributed by atoms with van der Waals surface area (Å²) in [7, 11) is -1.19. The average Bonchev–Trinajstić information content (AvgIpc) is 3.79. The van der Waals surface area contributed by atoms with E-state index in [1.54, 1.807) is 32.9 Å². The summed E-state index contributed by atoms with van der Waals surface area (Å²) in [6, 6.07) is 2.59. The number of nitrogens with zero attached hydrogens (tertiary/aromatic N) is 2. The van der Waals surface area contributed by atoms with Crippen LogP contribution < -0.4 is 10.6 Å². The molecule has 5 atom stereocenters. The summed E-state index contributed by atoms with van der Waals surface area (Å²) in [5, 5.41) is 16.0. The molecule has 1 saturated carbocycles. The first-order valence-electron chi connectivity index (χ1n) is 15.9. The molecule has 14 heteroatoms. The zero-order valence-corrected chi connectivity index (χ0v) is 26.4. The minimum Gasteiger partial charge on any atom is -0.446 e. The lowest BCUT2D eigenvalue weighted by molar-refractivity contribution is -0.142. The molecule has 0 bridgehead atoms. The summed E-state index contributed by atoms with van der Waals surface area (Å²) in [6.45, 7) is 7.76. The lowest BCUT2D eigenvalue weighted by atomic mass is 9.74. The quantitative estimate of drug-likeness (QED) is 0.390. The fourth-order valence-electron chi connectivity index (χ4n) is 6.71. The molecular weight excluding hydrogens is 586 g/mol. The molecule has 3 fully saturated rings. The van der Waals surface area contributed by atoms with Gasteiger partial charge in [-0.05, 0) is 55.1 Å². The number of amides is 4. The average molecular weight is 631 g/mol. The topological polar surface area (TPSA) is 147 Å². The number of hydrogen-bond acceptors (Lipinski definition) is 8. The van der Waals surface area contributed by atoms with Crippen LogP contribution in [0.25, 0.3) is 0 Å². The van der Waals surface area contributed by atoms with E-state index >= 15 is 0 Å². The van der Waals surface area contributed by atoms with Crippen molar-refractivity contribution in [2.75, 3.05) is 13.2 Å². The normalized spacial score (nSPS) is 25.7. The Kier molecular flexibility index (Phi) is 9.93. The van der Waals surface area contributed by atoms with Gasteiger partial charge in [-0.1, -0.05) is 39.8 Å². The zero-order valence-electron chi connectivity index (χ0n) is 26.4. The first kappa shape index (κ1) is 33.0. The summed E-state index contributed by atoms with van der Waals surface area (Å²) >= 11 is 0. The minimum absolute atomic E-state index is 0.00229. The van der Waals surface area contributed by atoms with Gasteiger partial charge in [-0.2, -0.15) is 0 Å². The zero-order chi connectivity index (χ0) is 32.5. The lowest BCUT2D eigenvalue weighted by Crippen LogP contribution is -2.59. The highest BCUT2D eigenvalue weighted by Crippen LogP contribution is 2.31. The third kappa shape index (κ3) is 7.38. The standard InChI is InChI=1S/C31H44BFN4O8/c1-5-18-17-43-32(42)26(18)35-27(38)24-13-21(45-30(41)36-14-19-9-8-12-23(33)22(19)16-36)15-37(24)28(39)25(31(2,3)4)34-29(40)44-20-10-6-7-11-20/h8-9,12,18,20-21,24-26,42H,5-7,10-11,13-17H2,1-4H3,(H,34,40)(H,35,38)/t18-,21+,24-,25+,26-/m0/s1. The number of ether oxygens (including phenoxy) is 2. The molecule has 4 aliphatic rings. The number of rotatable bonds is 7. The first-order chi connectivity index (χ1) is 21.3. The summed E-state index contributed by atoms with van der Waals surface area (Å²) in [5.41, 5.74) is 0.371. The number of benzene rings is 1. The monoisotopic (exact) mass is 630 g/mol. The summed E-state index contributed by atoms with van der Waals surface area (Å²) in [4.78, 5) is 56.7. The largest absolute Gasteiger partial charge is 0.478 e. The van der Waals surface area contributed by atoms with E-state index in [9.17, 15) is 28.6 Å². The van der Waals surface area contributed by atoms with Gasteiger partial charge in [-0.3, -0.25) is 14.5 Å². The molecular formula is C31H44BFN4O8. The van der Waals surface area contributed by atoms with E-state index in [0.29, 0.717) is 17.5 Å². The SMILES string of the molecule is CC[C@H]1COB(O)[C@H]1NC(=O)[C@@H]1C[C@@H](OC(=O)N2Cc3cccc(F)c3C2)CN1C(=O)[C@@H](NC(=O)OC1CCCC1)C(C)(C)C. The predicted octanol–water partition coefficient (Wildman–Crippen LogP) is 2.89. The Morgan fingerprint density at radius 1 is 1.13 bits per heavy atom. The van der Waals surface area contributed by atoms with Crippen molar-refractivity contribution in [1.82, 2.24) is 20.4 Å². The van der Waals surface area contributed by atoms with E-state index in [1.807, 2.05) is 6.92 Å². The third-order valence-corrected chi connectivity index (χ3v) is 9.38. The molecule has 5 rings (SSSR count). The molecule has 0 aromatic heterocycles. The molecule has 4 amide bonds. The number of hydrogen-bond donors (Lipinski definition) is 3. The molecule has 12 nitrogen and oxygen atoms in total. The Hall–Kier alpha value is -3.39. The van der Waals surface area contributed by atoms with Crippen molar-refractivity contribution in [2.24, 2.45) is 11.3 Å². The van der Waals surface area contributed by atoms with Crippen LogP contribution in [0.4, 0.5) is 14.0 Å². The highest BCUT2D eigenvalue weighted by molar-refractivity contribution is 6.46. The molecule has 246 valence electrons. The first-order valence-corrected chi connectivity index (χ1v) is 15.9. The van der Waals surface area contributed by atoms with Crippen LogP contribution in [0.2, 0.25) is 0 Å². The van der Waals surface area contributed by atoms with Crippen molar-refractivity contribution in [1.29, 1.82) is 0 Å². The maximum atomic E-state index is 14.3. The fraction of sp³-hybridized carbons (Fsp3) is 0.677. The van der Waals surface area contributed by atoms with Gasteiger partial charge in [-0.15, -0.1) is 0 Å². The number of alkyl carbamates (subject to hydrolysis) is 1. The molecule has 3 N–H and O–H groups in total. The molecule has 45 heavy (non-hydrogen) atoms. The number of halogens is 1. The van der Waals surface area contributed by atoms with Crippen LogP contribution in [0.15, 0.2) is 18.2 Å². The van der Waals surface area contributed by atoms with E-state index in [1.165, 1.54) is 15.9 Å². The van der Waals surface area contributed by atoms with Gasteiger partial charge >= 0.3 is 19.3 Å². The minimum atomic E-state index is -1.19.